The number of amides is 1. The summed E-state index contributed by atoms with van der Waals surface area (Å²) in [6.45, 7) is 4.99. The Bertz CT molecular complexity index is 1000. The van der Waals surface area contributed by atoms with Crippen molar-refractivity contribution in [2.45, 2.75) is 24.9 Å². The van der Waals surface area contributed by atoms with Crippen LogP contribution in [-0.4, -0.2) is 49.1 Å². The van der Waals surface area contributed by atoms with Crippen molar-refractivity contribution < 1.29 is 28.8 Å². The normalized spacial score (nSPS) is 18.6. The largest absolute Gasteiger partial charge is 0.494 e. The molecule has 2 aliphatic rings. The summed E-state index contributed by atoms with van der Waals surface area (Å²) >= 11 is 0. The zero-order valence-electron chi connectivity index (χ0n) is 17.7. The number of aliphatic hydroxyl groups excluding tert-OH is 1. The van der Waals surface area contributed by atoms with Gasteiger partial charge in [0.05, 0.1) is 6.61 Å². The summed E-state index contributed by atoms with van der Waals surface area (Å²) in [5.41, 5.74) is 0.592. The number of hydrogen-bond acceptors (Lipinski definition) is 7. The molecule has 0 spiro atoms. The molecule has 0 saturated carbocycles. The predicted molar refractivity (Wildman–Crippen MR) is 118 cm³/mol. The molecule has 0 fully saturated rings. The minimum Gasteiger partial charge on any atom is -0.494 e. The first-order chi connectivity index (χ1) is 15.6. The number of nitrogens with zero attached hydrogens (tertiary/aromatic N) is 1. The Morgan fingerprint density at radius 1 is 1.19 bits per heavy atom. The van der Waals surface area contributed by atoms with E-state index in [4.69, 9.17) is 24.1 Å². The Labute approximate surface area is 186 Å². The second kappa shape index (κ2) is 9.74. The Kier molecular flexibility index (Phi) is 6.61. The fourth-order valence-corrected chi connectivity index (χ4v) is 3.49. The van der Waals surface area contributed by atoms with Gasteiger partial charge in [-0.25, -0.2) is 4.99 Å². The molecule has 0 bridgehead atoms. The summed E-state index contributed by atoms with van der Waals surface area (Å²) in [6, 6.07) is 12.9. The van der Waals surface area contributed by atoms with Crippen LogP contribution in [0.3, 0.4) is 0 Å². The second-order valence-electron chi connectivity index (χ2n) is 7.55. The van der Waals surface area contributed by atoms with Gasteiger partial charge in [0, 0.05) is 31.6 Å². The van der Waals surface area contributed by atoms with Crippen LogP contribution >= 0.6 is 0 Å². The van der Waals surface area contributed by atoms with Crippen LogP contribution in [-0.2, 0) is 16.1 Å². The van der Waals surface area contributed by atoms with Crippen molar-refractivity contribution in [3.63, 3.8) is 0 Å². The minimum atomic E-state index is -1.07. The van der Waals surface area contributed by atoms with E-state index < -0.39 is 5.54 Å². The fraction of sp³-hybridized carbons (Fsp3) is 0.333. The third kappa shape index (κ3) is 4.70. The lowest BCUT2D eigenvalue weighted by Crippen LogP contribution is -2.46. The minimum absolute atomic E-state index is 0.0881. The van der Waals surface area contributed by atoms with Crippen LogP contribution < -0.4 is 19.5 Å². The van der Waals surface area contributed by atoms with Crippen LogP contribution in [0.15, 0.2) is 60.1 Å². The molecule has 1 atom stereocenters. The van der Waals surface area contributed by atoms with Crippen LogP contribution in [0.1, 0.15) is 24.0 Å². The molecule has 0 aliphatic carbocycles. The molecule has 2 aliphatic heterocycles. The number of hydrogen-bond donors (Lipinski definition) is 2. The van der Waals surface area contributed by atoms with Gasteiger partial charge in [0.25, 0.3) is 5.91 Å². The van der Waals surface area contributed by atoms with Gasteiger partial charge in [-0.3, -0.25) is 4.79 Å². The molecule has 2 aromatic carbocycles. The standard InChI is InChI=1S/C24H26N2O6/c1-2-10-24(23(28)25-14-17-4-9-20-21(13-17)32-16-31-20)15-30-22(26-24)18-5-7-19(8-6-18)29-12-3-11-27/h2,4-9,13,27H,1,3,10-12,14-16H2,(H,25,28)/t24-/m1/s1. The summed E-state index contributed by atoms with van der Waals surface area (Å²) in [7, 11) is 0. The van der Waals surface area contributed by atoms with Crippen molar-refractivity contribution in [1.82, 2.24) is 5.32 Å². The van der Waals surface area contributed by atoms with E-state index in [2.05, 4.69) is 16.9 Å². The molecule has 2 aromatic rings. The maximum atomic E-state index is 13.1. The van der Waals surface area contributed by atoms with Crippen molar-refractivity contribution in [3.8, 4) is 17.2 Å². The van der Waals surface area contributed by atoms with Gasteiger partial charge in [0.1, 0.15) is 12.4 Å². The average Bonchev–Trinajstić information content (AvgIpc) is 3.46. The van der Waals surface area contributed by atoms with Crippen LogP contribution in [0.4, 0.5) is 0 Å². The number of rotatable bonds is 10. The molecule has 32 heavy (non-hydrogen) atoms. The molecule has 2 N–H and O–H groups in total. The van der Waals surface area contributed by atoms with E-state index in [0.717, 1.165) is 11.1 Å². The lowest BCUT2D eigenvalue weighted by atomic mass is 9.96. The number of nitrogens with one attached hydrogen (secondary N) is 1. The molecule has 8 heteroatoms. The Balaban J connectivity index is 1.43. The third-order valence-electron chi connectivity index (χ3n) is 5.23. The zero-order valence-corrected chi connectivity index (χ0v) is 17.7. The molecule has 0 unspecified atom stereocenters. The van der Waals surface area contributed by atoms with Gasteiger partial charge in [-0.1, -0.05) is 12.1 Å². The lowest BCUT2D eigenvalue weighted by molar-refractivity contribution is -0.126. The summed E-state index contributed by atoms with van der Waals surface area (Å²) < 4.78 is 22.1. The third-order valence-corrected chi connectivity index (χ3v) is 5.23. The highest BCUT2D eigenvalue weighted by Crippen LogP contribution is 2.32. The number of aliphatic imine (C=N–C) groups is 1. The first kappa shape index (κ1) is 21.7. The fourth-order valence-electron chi connectivity index (χ4n) is 3.49. The predicted octanol–water partition coefficient (Wildman–Crippen LogP) is 2.58. The van der Waals surface area contributed by atoms with Crippen LogP contribution in [0.2, 0.25) is 0 Å². The van der Waals surface area contributed by atoms with E-state index in [-0.39, 0.29) is 25.9 Å². The summed E-state index contributed by atoms with van der Waals surface area (Å²) in [5, 5.41) is 11.8. The highest BCUT2D eigenvalue weighted by atomic mass is 16.7. The quantitative estimate of drug-likeness (QED) is 0.437. The molecule has 168 valence electrons. The van der Waals surface area contributed by atoms with Crippen molar-refractivity contribution in [1.29, 1.82) is 0 Å². The van der Waals surface area contributed by atoms with Crippen molar-refractivity contribution in [3.05, 3.63) is 66.2 Å². The molecule has 8 nitrogen and oxygen atoms in total. The molecule has 2 heterocycles. The molecular formula is C24H26N2O6. The highest BCUT2D eigenvalue weighted by Gasteiger charge is 2.43. The highest BCUT2D eigenvalue weighted by molar-refractivity contribution is 6.00. The summed E-state index contributed by atoms with van der Waals surface area (Å²) in [6.07, 6.45) is 2.60. The smallest absolute Gasteiger partial charge is 0.252 e. The topological polar surface area (TPSA) is 98.6 Å². The van der Waals surface area contributed by atoms with Gasteiger partial charge >= 0.3 is 0 Å². The summed E-state index contributed by atoms with van der Waals surface area (Å²) in [4.78, 5) is 17.7. The van der Waals surface area contributed by atoms with E-state index in [1.165, 1.54) is 0 Å². The van der Waals surface area contributed by atoms with Gasteiger partial charge in [-0.15, -0.1) is 6.58 Å². The second-order valence-corrected chi connectivity index (χ2v) is 7.55. The van der Waals surface area contributed by atoms with Crippen LogP contribution in [0.25, 0.3) is 0 Å². The summed E-state index contributed by atoms with van der Waals surface area (Å²) in [5.74, 6) is 2.25. The number of benzene rings is 2. The Morgan fingerprint density at radius 2 is 2.00 bits per heavy atom. The van der Waals surface area contributed by atoms with Gasteiger partial charge < -0.3 is 29.4 Å². The first-order valence-corrected chi connectivity index (χ1v) is 10.5. The van der Waals surface area contributed by atoms with Crippen molar-refractivity contribution in [2.75, 3.05) is 26.6 Å². The van der Waals surface area contributed by atoms with E-state index in [0.29, 0.717) is 49.1 Å². The van der Waals surface area contributed by atoms with Gasteiger partial charge in [0.2, 0.25) is 12.7 Å². The van der Waals surface area contributed by atoms with Gasteiger partial charge in [-0.05, 0) is 42.0 Å². The zero-order chi connectivity index (χ0) is 22.4. The number of carbonyl (C=O) groups is 1. The monoisotopic (exact) mass is 438 g/mol. The lowest BCUT2D eigenvalue weighted by Gasteiger charge is -2.21. The molecular weight excluding hydrogens is 412 g/mol. The Morgan fingerprint density at radius 3 is 2.78 bits per heavy atom. The molecule has 1 amide bonds. The van der Waals surface area contributed by atoms with E-state index in [9.17, 15) is 4.79 Å². The SMILES string of the molecule is C=CC[C@]1(C(=O)NCc2ccc3c(c2)OCO3)COC(c2ccc(OCCCO)cc2)=N1. The number of ether oxygens (including phenoxy) is 4. The number of carbonyl (C=O) groups excluding carboxylic acids is 1. The van der Waals surface area contributed by atoms with Crippen LogP contribution in [0, 0.1) is 0 Å². The molecule has 0 aromatic heterocycles. The van der Waals surface area contributed by atoms with Crippen LogP contribution in [0.5, 0.6) is 17.2 Å². The molecule has 0 saturated heterocycles. The van der Waals surface area contributed by atoms with Gasteiger partial charge in [-0.2, -0.15) is 0 Å². The average molecular weight is 438 g/mol. The van der Waals surface area contributed by atoms with Crippen molar-refractivity contribution in [2.24, 2.45) is 4.99 Å². The number of fused-ring (bicyclic) bond motifs is 1. The van der Waals surface area contributed by atoms with Gasteiger partial charge in [0.15, 0.2) is 17.0 Å². The van der Waals surface area contributed by atoms with E-state index in [1.807, 2.05) is 42.5 Å². The number of aliphatic hydroxyl groups is 1. The molecule has 4 rings (SSSR count). The first-order valence-electron chi connectivity index (χ1n) is 10.5. The van der Waals surface area contributed by atoms with E-state index in [1.54, 1.807) is 6.08 Å². The molecule has 0 radical (unpaired) electrons. The van der Waals surface area contributed by atoms with E-state index >= 15 is 0 Å². The Hall–Kier alpha value is -3.52. The van der Waals surface area contributed by atoms with Crippen molar-refractivity contribution >= 4 is 11.8 Å². The maximum absolute atomic E-state index is 13.1. The maximum Gasteiger partial charge on any atom is 0.252 e.